The lowest BCUT2D eigenvalue weighted by Gasteiger charge is -2.47. The van der Waals surface area contributed by atoms with Crippen LogP contribution in [-0.2, 0) is 9.53 Å². The van der Waals surface area contributed by atoms with Gasteiger partial charge in [0.1, 0.15) is 5.82 Å². The van der Waals surface area contributed by atoms with Crippen molar-refractivity contribution >= 4 is 17.7 Å². The van der Waals surface area contributed by atoms with E-state index in [2.05, 4.69) is 36.0 Å². The van der Waals surface area contributed by atoms with Crippen LogP contribution >= 0.6 is 0 Å². The first-order valence-electron chi connectivity index (χ1n) is 12.7. The third-order valence-corrected chi connectivity index (χ3v) is 7.30. The molecule has 0 bridgehead atoms. The van der Waals surface area contributed by atoms with Crippen molar-refractivity contribution < 1.29 is 14.3 Å². The van der Waals surface area contributed by atoms with Crippen molar-refractivity contribution in [3.8, 4) is 0 Å². The summed E-state index contributed by atoms with van der Waals surface area (Å²) in [7, 11) is 1.42. The summed E-state index contributed by atoms with van der Waals surface area (Å²) in [6.45, 7) is 9.77. The zero-order chi connectivity index (χ0) is 23.8. The van der Waals surface area contributed by atoms with Gasteiger partial charge in [-0.3, -0.25) is 14.5 Å². The Morgan fingerprint density at radius 2 is 1.97 bits per heavy atom. The van der Waals surface area contributed by atoms with E-state index in [1.165, 1.54) is 39.2 Å². The zero-order valence-corrected chi connectivity index (χ0v) is 20.9. The van der Waals surface area contributed by atoms with Gasteiger partial charge < -0.3 is 15.0 Å². The van der Waals surface area contributed by atoms with Crippen LogP contribution in [0, 0.1) is 11.8 Å². The molecule has 7 nitrogen and oxygen atoms in total. The van der Waals surface area contributed by atoms with E-state index in [-0.39, 0.29) is 30.4 Å². The highest BCUT2D eigenvalue weighted by atomic mass is 16.5. The Morgan fingerprint density at radius 1 is 1.21 bits per heavy atom. The van der Waals surface area contributed by atoms with Crippen LogP contribution in [0.3, 0.4) is 0 Å². The number of nitrogens with one attached hydrogen (secondary N) is 1. The standard InChI is InChI=1S/C26H42N4O3/c1-19(2)12-14-28-25-22(11-8-13-27-25)26(32)30-16-15-29(18-21-9-6-5-7-10-21)20(3)23(30)17-24(31)33-4/h8,11,13,19-21,23H,5-7,9-10,12,14-18H2,1-4H3,(H,27,28)/t20-,23+/m0/s1. The van der Waals surface area contributed by atoms with Crippen LogP contribution in [0.5, 0.6) is 0 Å². The molecule has 33 heavy (non-hydrogen) atoms. The van der Waals surface area contributed by atoms with Crippen molar-refractivity contribution in [3.63, 3.8) is 0 Å². The van der Waals surface area contributed by atoms with Crippen molar-refractivity contribution in [2.45, 2.75) is 77.8 Å². The number of anilines is 1. The molecule has 184 valence electrons. The maximum atomic E-state index is 13.7. The first-order valence-corrected chi connectivity index (χ1v) is 12.7. The van der Waals surface area contributed by atoms with Crippen molar-refractivity contribution in [3.05, 3.63) is 23.9 Å². The van der Waals surface area contributed by atoms with Gasteiger partial charge in [0.2, 0.25) is 0 Å². The van der Waals surface area contributed by atoms with Gasteiger partial charge in [0.05, 0.1) is 25.1 Å². The van der Waals surface area contributed by atoms with Gasteiger partial charge in [-0.15, -0.1) is 0 Å². The molecule has 0 radical (unpaired) electrons. The lowest BCUT2D eigenvalue weighted by Crippen LogP contribution is -2.61. The van der Waals surface area contributed by atoms with Gasteiger partial charge in [0.25, 0.3) is 5.91 Å². The number of hydrogen-bond donors (Lipinski definition) is 1. The molecule has 3 rings (SSSR count). The van der Waals surface area contributed by atoms with E-state index in [1.54, 1.807) is 12.3 Å². The third kappa shape index (κ3) is 6.92. The maximum Gasteiger partial charge on any atom is 0.307 e. The number of carbonyl (C=O) groups excluding carboxylic acids is 2. The number of hydrogen-bond acceptors (Lipinski definition) is 6. The number of piperazine rings is 1. The number of carbonyl (C=O) groups is 2. The maximum absolute atomic E-state index is 13.7. The van der Waals surface area contributed by atoms with Crippen LogP contribution < -0.4 is 5.32 Å². The monoisotopic (exact) mass is 458 g/mol. The summed E-state index contributed by atoms with van der Waals surface area (Å²) < 4.78 is 5.00. The topological polar surface area (TPSA) is 74.8 Å². The molecule has 1 aliphatic heterocycles. The summed E-state index contributed by atoms with van der Waals surface area (Å²) in [5.41, 5.74) is 0.573. The van der Waals surface area contributed by atoms with Gasteiger partial charge >= 0.3 is 5.97 Å². The average molecular weight is 459 g/mol. The van der Waals surface area contributed by atoms with Crippen LogP contribution in [0.15, 0.2) is 18.3 Å². The van der Waals surface area contributed by atoms with Crippen molar-refractivity contribution in [1.82, 2.24) is 14.8 Å². The molecule has 7 heteroatoms. The Hall–Kier alpha value is -2.15. The second kappa shape index (κ2) is 12.4. The van der Waals surface area contributed by atoms with Crippen LogP contribution in [0.2, 0.25) is 0 Å². The molecule has 0 spiro atoms. The van der Waals surface area contributed by atoms with Crippen LogP contribution in [0.4, 0.5) is 5.82 Å². The number of pyridine rings is 1. The summed E-state index contributed by atoms with van der Waals surface area (Å²) >= 11 is 0. The summed E-state index contributed by atoms with van der Waals surface area (Å²) in [5, 5.41) is 3.34. The molecule has 1 amide bonds. The van der Waals surface area contributed by atoms with E-state index >= 15 is 0 Å². The first-order chi connectivity index (χ1) is 15.9. The summed E-state index contributed by atoms with van der Waals surface area (Å²) in [6, 6.07) is 3.52. The summed E-state index contributed by atoms with van der Waals surface area (Å²) in [5.74, 6) is 1.58. The van der Waals surface area contributed by atoms with E-state index in [0.29, 0.717) is 23.8 Å². The highest BCUT2D eigenvalue weighted by Crippen LogP contribution is 2.29. The van der Waals surface area contributed by atoms with Crippen molar-refractivity contribution in [1.29, 1.82) is 0 Å². The Labute approximate surface area is 199 Å². The third-order valence-electron chi connectivity index (χ3n) is 7.30. The lowest BCUT2D eigenvalue weighted by atomic mass is 9.87. The number of ether oxygens (including phenoxy) is 1. The fraction of sp³-hybridized carbons (Fsp3) is 0.731. The molecule has 1 N–H and O–H groups in total. The van der Waals surface area contributed by atoms with Crippen LogP contribution in [0.1, 0.15) is 76.1 Å². The second-order valence-electron chi connectivity index (χ2n) is 10.1. The largest absolute Gasteiger partial charge is 0.469 e. The predicted octanol–water partition coefficient (Wildman–Crippen LogP) is 4.20. The molecule has 1 aliphatic carbocycles. The molecule has 1 aromatic rings. The average Bonchev–Trinajstić information content (AvgIpc) is 2.82. The molecule has 2 fully saturated rings. The molecule has 2 atom stereocenters. The lowest BCUT2D eigenvalue weighted by molar-refractivity contribution is -0.143. The van der Waals surface area contributed by atoms with Gasteiger partial charge in [-0.05, 0) is 50.2 Å². The second-order valence-corrected chi connectivity index (χ2v) is 10.1. The van der Waals surface area contributed by atoms with Gasteiger partial charge in [0, 0.05) is 38.4 Å². The van der Waals surface area contributed by atoms with E-state index in [4.69, 9.17) is 4.74 Å². The Morgan fingerprint density at radius 3 is 2.67 bits per heavy atom. The predicted molar refractivity (Wildman–Crippen MR) is 131 cm³/mol. The number of rotatable bonds is 9. The Kier molecular flexibility index (Phi) is 9.53. The fourth-order valence-electron chi connectivity index (χ4n) is 5.21. The highest BCUT2D eigenvalue weighted by molar-refractivity contribution is 5.99. The quantitative estimate of drug-likeness (QED) is 0.559. The highest BCUT2D eigenvalue weighted by Gasteiger charge is 2.39. The van der Waals surface area contributed by atoms with E-state index in [9.17, 15) is 9.59 Å². The summed E-state index contributed by atoms with van der Waals surface area (Å²) in [6.07, 6.45) is 9.48. The number of esters is 1. The van der Waals surface area contributed by atoms with Crippen LogP contribution in [-0.4, -0.2) is 72.0 Å². The molecular formula is C26H42N4O3. The van der Waals surface area contributed by atoms with Crippen molar-refractivity contribution in [2.75, 3.05) is 38.6 Å². The zero-order valence-electron chi connectivity index (χ0n) is 20.9. The molecule has 0 unspecified atom stereocenters. The molecular weight excluding hydrogens is 416 g/mol. The number of amides is 1. The van der Waals surface area contributed by atoms with E-state index in [0.717, 1.165) is 32.0 Å². The van der Waals surface area contributed by atoms with E-state index < -0.39 is 0 Å². The van der Waals surface area contributed by atoms with Gasteiger partial charge in [0.15, 0.2) is 0 Å². The Bertz CT molecular complexity index is 779. The number of aromatic nitrogens is 1. The number of methoxy groups -OCH3 is 1. The molecule has 1 saturated carbocycles. The minimum atomic E-state index is -0.273. The minimum Gasteiger partial charge on any atom is -0.469 e. The minimum absolute atomic E-state index is 0.0618. The van der Waals surface area contributed by atoms with Crippen molar-refractivity contribution in [2.24, 2.45) is 11.8 Å². The van der Waals surface area contributed by atoms with E-state index in [1.807, 2.05) is 11.0 Å². The Balaban J connectivity index is 1.76. The fourth-order valence-corrected chi connectivity index (χ4v) is 5.21. The van der Waals surface area contributed by atoms with Gasteiger partial charge in [-0.25, -0.2) is 4.98 Å². The first kappa shape index (κ1) is 25.5. The van der Waals surface area contributed by atoms with Gasteiger partial charge in [-0.1, -0.05) is 33.1 Å². The van der Waals surface area contributed by atoms with Gasteiger partial charge in [-0.2, -0.15) is 0 Å². The smallest absolute Gasteiger partial charge is 0.307 e. The normalized spacial score (nSPS) is 22.4. The molecule has 1 saturated heterocycles. The molecule has 2 heterocycles. The molecule has 2 aliphatic rings. The van der Waals surface area contributed by atoms with Crippen LogP contribution in [0.25, 0.3) is 0 Å². The summed E-state index contributed by atoms with van der Waals surface area (Å²) in [4.78, 5) is 34.8. The number of nitrogens with zero attached hydrogens (tertiary/aromatic N) is 3. The SMILES string of the molecule is COC(=O)C[C@@H]1[C@H](C)N(CC2CCCCC2)CCN1C(=O)c1cccnc1NCCC(C)C. The molecule has 0 aromatic carbocycles. The molecule has 1 aromatic heterocycles.